The Kier molecular flexibility index (Phi) is 6.28. The lowest BCUT2D eigenvalue weighted by atomic mass is 10.2. The van der Waals surface area contributed by atoms with Crippen LogP contribution in [0.1, 0.15) is 29.2 Å². The number of aromatic amines is 1. The first-order chi connectivity index (χ1) is 16.8. The molecule has 5 rings (SSSR count). The molecule has 0 aliphatic rings. The predicted molar refractivity (Wildman–Crippen MR) is 139 cm³/mol. The molecule has 0 spiro atoms. The van der Waals surface area contributed by atoms with Crippen molar-refractivity contribution in [2.24, 2.45) is 0 Å². The topological polar surface area (TPSA) is 118 Å². The summed E-state index contributed by atoms with van der Waals surface area (Å²) in [6, 6.07) is 12.9. The number of H-pyrrole nitrogens is 1. The number of hydrogen-bond acceptors (Lipinski definition) is 9. The quantitative estimate of drug-likeness (QED) is 0.262. The minimum absolute atomic E-state index is 0.196. The number of ether oxygens (including phenoxy) is 1. The molecule has 0 aliphatic carbocycles. The van der Waals surface area contributed by atoms with E-state index in [1.807, 2.05) is 22.9 Å². The number of benzene rings is 1. The number of fused-ring (bicyclic) bond motifs is 1. The number of esters is 1. The molecule has 4 aromatic heterocycles. The molecule has 178 valence electrons. The van der Waals surface area contributed by atoms with E-state index in [9.17, 15) is 18.0 Å². The number of anilines is 1. The van der Waals surface area contributed by atoms with Crippen molar-refractivity contribution in [1.82, 2.24) is 9.97 Å². The Labute approximate surface area is 211 Å². The second-order valence-corrected chi connectivity index (χ2v) is 12.1. The van der Waals surface area contributed by atoms with Gasteiger partial charge in [-0.05, 0) is 54.1 Å². The highest BCUT2D eigenvalue weighted by molar-refractivity contribution is 7.94. The fourth-order valence-electron chi connectivity index (χ4n) is 3.35. The van der Waals surface area contributed by atoms with Crippen LogP contribution in [0.25, 0.3) is 20.7 Å². The van der Waals surface area contributed by atoms with E-state index in [4.69, 9.17) is 4.74 Å². The van der Waals surface area contributed by atoms with Gasteiger partial charge < -0.3 is 9.72 Å². The van der Waals surface area contributed by atoms with E-state index in [0.29, 0.717) is 15.9 Å². The lowest BCUT2D eigenvalue weighted by Gasteiger charge is -2.13. The number of nitrogens with one attached hydrogen (secondary N) is 2. The molecule has 8 nitrogen and oxygen atoms in total. The molecule has 1 atom stereocenters. The third-order valence-electron chi connectivity index (χ3n) is 5.05. The van der Waals surface area contributed by atoms with Crippen molar-refractivity contribution in [3.8, 4) is 10.4 Å². The Morgan fingerprint density at radius 3 is 2.49 bits per heavy atom. The summed E-state index contributed by atoms with van der Waals surface area (Å²) in [5, 5.41) is 6.03. The van der Waals surface area contributed by atoms with Gasteiger partial charge >= 0.3 is 5.97 Å². The summed E-state index contributed by atoms with van der Waals surface area (Å²) in [5.74, 6) is -0.380. The average Bonchev–Trinajstić information content (AvgIpc) is 3.60. The first-order valence-corrected chi connectivity index (χ1v) is 14.4. The van der Waals surface area contributed by atoms with Crippen molar-refractivity contribution < 1.29 is 17.9 Å². The SMILES string of the molecule is C[C@@H](OC(=O)c1ccc(NS(=O)(=O)c2cccs2)cc1)c1nc2scc(-c3cccs3)c2c(=O)[nH]1. The fourth-order valence-corrected chi connectivity index (χ4v) is 7.17. The Morgan fingerprint density at radius 2 is 1.80 bits per heavy atom. The second-order valence-electron chi connectivity index (χ2n) is 7.42. The van der Waals surface area contributed by atoms with Gasteiger partial charge in [-0.15, -0.1) is 34.0 Å². The summed E-state index contributed by atoms with van der Waals surface area (Å²) in [7, 11) is -3.68. The zero-order valence-electron chi connectivity index (χ0n) is 18.0. The van der Waals surface area contributed by atoms with Gasteiger partial charge in [0.05, 0.1) is 10.9 Å². The molecule has 0 fully saturated rings. The lowest BCUT2D eigenvalue weighted by Crippen LogP contribution is -2.17. The van der Waals surface area contributed by atoms with E-state index in [1.54, 1.807) is 29.7 Å². The largest absolute Gasteiger partial charge is 0.451 e. The monoisotopic (exact) mass is 543 g/mol. The third kappa shape index (κ3) is 4.78. The smallest absolute Gasteiger partial charge is 0.338 e. The van der Waals surface area contributed by atoms with Crippen molar-refractivity contribution in [3.63, 3.8) is 0 Å². The predicted octanol–water partition coefficient (Wildman–Crippen LogP) is 5.49. The molecule has 0 aliphatic heterocycles. The molecule has 12 heteroatoms. The summed E-state index contributed by atoms with van der Waals surface area (Å²) in [5.41, 5.74) is 1.09. The number of nitrogens with zero attached hydrogens (tertiary/aromatic N) is 1. The number of aromatic nitrogens is 2. The Hall–Kier alpha value is -3.32. The van der Waals surface area contributed by atoms with Crippen LogP contribution in [0, 0.1) is 0 Å². The Balaban J connectivity index is 1.30. The van der Waals surface area contributed by atoms with Gasteiger partial charge in [-0.25, -0.2) is 18.2 Å². The summed E-state index contributed by atoms with van der Waals surface area (Å²) >= 11 is 4.01. The standard InChI is InChI=1S/C23H17N3O5S4/c1-13(20-24-21(27)19-16(12-34-22(19)25-20)17-4-2-10-32-17)31-23(28)14-6-8-15(9-7-14)26-35(29,30)18-5-3-11-33-18/h2-13,26H,1H3,(H,24,25,27)/t13-/m1/s1. The number of carbonyl (C=O) groups is 1. The van der Waals surface area contributed by atoms with E-state index < -0.39 is 22.1 Å². The normalized spacial score (nSPS) is 12.5. The number of hydrogen-bond donors (Lipinski definition) is 2. The van der Waals surface area contributed by atoms with Crippen molar-refractivity contribution in [2.75, 3.05) is 4.72 Å². The zero-order chi connectivity index (χ0) is 24.6. The van der Waals surface area contributed by atoms with Gasteiger partial charge in [0, 0.05) is 21.5 Å². The molecule has 0 radical (unpaired) electrons. The molecule has 0 bridgehead atoms. The molecule has 2 N–H and O–H groups in total. The molecule has 0 saturated heterocycles. The maximum Gasteiger partial charge on any atom is 0.338 e. The minimum atomic E-state index is -3.68. The second kappa shape index (κ2) is 9.38. The van der Waals surface area contributed by atoms with Crippen LogP contribution >= 0.6 is 34.0 Å². The van der Waals surface area contributed by atoms with Crippen molar-refractivity contribution in [3.05, 3.63) is 86.4 Å². The van der Waals surface area contributed by atoms with Crippen LogP contribution in [0.2, 0.25) is 0 Å². The molecule has 35 heavy (non-hydrogen) atoms. The Morgan fingerprint density at radius 1 is 1.06 bits per heavy atom. The van der Waals surface area contributed by atoms with Crippen LogP contribution in [0.3, 0.4) is 0 Å². The van der Waals surface area contributed by atoms with Gasteiger partial charge in [0.25, 0.3) is 15.6 Å². The van der Waals surface area contributed by atoms with Gasteiger partial charge in [0.15, 0.2) is 11.9 Å². The maximum absolute atomic E-state index is 12.8. The summed E-state index contributed by atoms with van der Waals surface area (Å²) in [4.78, 5) is 34.2. The molecule has 4 heterocycles. The first-order valence-electron chi connectivity index (χ1n) is 10.2. The molecular weight excluding hydrogens is 527 g/mol. The van der Waals surface area contributed by atoms with Gasteiger partial charge in [0.2, 0.25) is 0 Å². The van der Waals surface area contributed by atoms with Crippen molar-refractivity contribution >= 4 is 65.9 Å². The summed E-state index contributed by atoms with van der Waals surface area (Å²) in [6.07, 6.45) is -0.802. The van der Waals surface area contributed by atoms with E-state index in [-0.39, 0.29) is 21.2 Å². The highest BCUT2D eigenvalue weighted by Crippen LogP contribution is 2.34. The van der Waals surface area contributed by atoms with Crippen LogP contribution in [-0.4, -0.2) is 24.4 Å². The number of sulfonamides is 1. The van der Waals surface area contributed by atoms with Crippen LogP contribution in [0.15, 0.2) is 73.7 Å². The van der Waals surface area contributed by atoms with Crippen molar-refractivity contribution in [2.45, 2.75) is 17.2 Å². The summed E-state index contributed by atoms with van der Waals surface area (Å²) < 4.78 is 32.9. The minimum Gasteiger partial charge on any atom is -0.451 e. The van der Waals surface area contributed by atoms with Gasteiger partial charge in [-0.2, -0.15) is 0 Å². The van der Waals surface area contributed by atoms with E-state index in [2.05, 4.69) is 14.7 Å². The average molecular weight is 544 g/mol. The molecule has 0 amide bonds. The van der Waals surface area contributed by atoms with Gasteiger partial charge in [0.1, 0.15) is 9.04 Å². The van der Waals surface area contributed by atoms with E-state index in [0.717, 1.165) is 21.8 Å². The third-order valence-corrected chi connectivity index (χ3v) is 9.60. The number of rotatable bonds is 7. The van der Waals surface area contributed by atoms with Crippen molar-refractivity contribution in [1.29, 1.82) is 0 Å². The van der Waals surface area contributed by atoms with E-state index in [1.165, 1.54) is 41.7 Å². The van der Waals surface area contributed by atoms with Gasteiger partial charge in [-0.3, -0.25) is 9.52 Å². The zero-order valence-corrected chi connectivity index (χ0v) is 21.3. The van der Waals surface area contributed by atoms with E-state index >= 15 is 0 Å². The number of thiophene rings is 3. The van der Waals surface area contributed by atoms with Crippen LogP contribution in [-0.2, 0) is 14.8 Å². The van der Waals surface area contributed by atoms with Crippen LogP contribution in [0.4, 0.5) is 5.69 Å². The summed E-state index contributed by atoms with van der Waals surface area (Å²) in [6.45, 7) is 1.62. The molecule has 5 aromatic rings. The first kappa shape index (κ1) is 23.4. The molecule has 0 saturated carbocycles. The molecular formula is C23H17N3O5S4. The molecule has 1 aromatic carbocycles. The number of carbonyl (C=O) groups excluding carboxylic acids is 1. The Bertz CT molecular complexity index is 1650. The maximum atomic E-state index is 12.8. The van der Waals surface area contributed by atoms with Crippen LogP contribution in [0.5, 0.6) is 0 Å². The van der Waals surface area contributed by atoms with Gasteiger partial charge in [-0.1, -0.05) is 12.1 Å². The van der Waals surface area contributed by atoms with Crippen LogP contribution < -0.4 is 10.3 Å². The fraction of sp³-hybridized carbons (Fsp3) is 0.0870. The highest BCUT2D eigenvalue weighted by atomic mass is 32.2. The lowest BCUT2D eigenvalue weighted by molar-refractivity contribution is 0.0320. The highest BCUT2D eigenvalue weighted by Gasteiger charge is 2.20. The molecule has 0 unspecified atom stereocenters.